The number of sulfone groups is 1. The molecule has 0 aliphatic heterocycles. The van der Waals surface area contributed by atoms with Gasteiger partial charge in [-0.15, -0.1) is 0 Å². The van der Waals surface area contributed by atoms with E-state index < -0.39 is 27.8 Å². The van der Waals surface area contributed by atoms with Crippen LogP contribution in [0.15, 0.2) is 11.6 Å². The van der Waals surface area contributed by atoms with Crippen LogP contribution in [0.4, 0.5) is 0 Å². The van der Waals surface area contributed by atoms with Crippen LogP contribution in [0.25, 0.3) is 0 Å². The van der Waals surface area contributed by atoms with Gasteiger partial charge in [-0.2, -0.15) is 0 Å². The van der Waals surface area contributed by atoms with Crippen LogP contribution in [-0.4, -0.2) is 43.5 Å². The van der Waals surface area contributed by atoms with Gasteiger partial charge in [-0.3, -0.25) is 4.79 Å². The number of aliphatic carboxylic acids is 1. The molecule has 2 N–H and O–H groups in total. The van der Waals surface area contributed by atoms with Gasteiger partial charge < -0.3 is 10.4 Å². The lowest BCUT2D eigenvalue weighted by Gasteiger charge is -2.14. The van der Waals surface area contributed by atoms with E-state index in [-0.39, 0.29) is 12.2 Å². The highest BCUT2D eigenvalue weighted by Crippen LogP contribution is 2.01. The molecule has 0 fully saturated rings. The van der Waals surface area contributed by atoms with Crippen molar-refractivity contribution in [1.82, 2.24) is 5.32 Å². The molecule has 1 unspecified atom stereocenters. The van der Waals surface area contributed by atoms with Crippen LogP contribution < -0.4 is 5.32 Å². The Bertz CT molecular complexity index is 438. The van der Waals surface area contributed by atoms with Gasteiger partial charge in [0.25, 0.3) is 0 Å². The van der Waals surface area contributed by atoms with E-state index in [1.165, 1.54) is 0 Å². The zero-order valence-electron chi connectivity index (χ0n) is 10.8. The smallest absolute Gasteiger partial charge is 0.326 e. The van der Waals surface area contributed by atoms with Gasteiger partial charge in [-0.25, -0.2) is 13.2 Å². The van der Waals surface area contributed by atoms with E-state index in [1.807, 2.05) is 6.92 Å². The number of rotatable bonds is 7. The summed E-state index contributed by atoms with van der Waals surface area (Å²) in [5.41, 5.74) is 0.420. The first-order valence-corrected chi connectivity index (χ1v) is 7.61. The second-order valence-electron chi connectivity index (χ2n) is 4.08. The summed E-state index contributed by atoms with van der Waals surface area (Å²) in [6, 6.07) is -1.19. The van der Waals surface area contributed by atoms with Crippen LogP contribution in [0.5, 0.6) is 0 Å². The Morgan fingerprint density at radius 3 is 2.33 bits per heavy atom. The Hall–Kier alpha value is -1.37. The minimum absolute atomic E-state index is 0.140. The summed E-state index contributed by atoms with van der Waals surface area (Å²) in [6.45, 7) is 3.43. The van der Waals surface area contributed by atoms with E-state index >= 15 is 0 Å². The van der Waals surface area contributed by atoms with Gasteiger partial charge in [0.05, 0.1) is 5.75 Å². The van der Waals surface area contributed by atoms with E-state index in [4.69, 9.17) is 5.11 Å². The third kappa shape index (κ3) is 7.05. The Kier molecular flexibility index (Phi) is 6.61. The zero-order chi connectivity index (χ0) is 14.3. The minimum atomic E-state index is -3.25. The lowest BCUT2D eigenvalue weighted by molar-refractivity contribution is -0.141. The molecule has 0 aromatic heterocycles. The van der Waals surface area contributed by atoms with Crippen molar-refractivity contribution in [3.8, 4) is 0 Å². The molecule has 0 spiro atoms. The molecule has 0 aromatic carbocycles. The molecule has 0 aliphatic rings. The first-order valence-electron chi connectivity index (χ1n) is 5.55. The summed E-state index contributed by atoms with van der Waals surface area (Å²) in [7, 11) is -3.25. The van der Waals surface area contributed by atoms with Crippen LogP contribution in [0.2, 0.25) is 0 Å². The van der Waals surface area contributed by atoms with Gasteiger partial charge in [0.2, 0.25) is 5.91 Å². The molecule has 1 amide bonds. The number of carbonyl (C=O) groups excluding carboxylic acids is 1. The third-order valence-electron chi connectivity index (χ3n) is 2.25. The lowest BCUT2D eigenvalue weighted by atomic mass is 10.2. The molecule has 18 heavy (non-hydrogen) atoms. The first-order chi connectivity index (χ1) is 8.17. The van der Waals surface area contributed by atoms with Crippen LogP contribution in [0.1, 0.15) is 26.7 Å². The molecule has 1 atom stereocenters. The molecular formula is C11H19NO5S. The number of carboxylic acids is 1. The van der Waals surface area contributed by atoms with E-state index in [2.05, 4.69) is 5.32 Å². The maximum absolute atomic E-state index is 11.6. The average molecular weight is 277 g/mol. The molecule has 7 heteroatoms. The van der Waals surface area contributed by atoms with Gasteiger partial charge in [-0.05, 0) is 19.8 Å². The maximum Gasteiger partial charge on any atom is 0.326 e. The van der Waals surface area contributed by atoms with Crippen molar-refractivity contribution >= 4 is 21.7 Å². The Morgan fingerprint density at radius 2 is 1.94 bits per heavy atom. The van der Waals surface area contributed by atoms with Gasteiger partial charge in [-0.1, -0.05) is 13.0 Å². The van der Waals surface area contributed by atoms with Crippen LogP contribution in [0.3, 0.4) is 0 Å². The molecule has 0 heterocycles. The highest BCUT2D eigenvalue weighted by Gasteiger charge is 2.21. The second kappa shape index (κ2) is 7.15. The Morgan fingerprint density at radius 1 is 1.39 bits per heavy atom. The third-order valence-corrected chi connectivity index (χ3v) is 3.23. The summed E-state index contributed by atoms with van der Waals surface area (Å²) >= 11 is 0. The lowest BCUT2D eigenvalue weighted by Crippen LogP contribution is -2.42. The predicted molar refractivity (Wildman–Crippen MR) is 67.9 cm³/mol. The fourth-order valence-corrected chi connectivity index (χ4v) is 1.92. The van der Waals surface area contributed by atoms with Crippen molar-refractivity contribution in [2.24, 2.45) is 0 Å². The van der Waals surface area contributed by atoms with Crippen molar-refractivity contribution in [3.63, 3.8) is 0 Å². The molecular weight excluding hydrogens is 258 g/mol. The van der Waals surface area contributed by atoms with Crippen molar-refractivity contribution in [2.45, 2.75) is 32.7 Å². The molecule has 0 bridgehead atoms. The number of allylic oxidation sites excluding steroid dienone is 1. The number of carboxylic acid groups (broad SMARTS) is 1. The average Bonchev–Trinajstić information content (AvgIpc) is 2.22. The van der Waals surface area contributed by atoms with E-state index in [0.717, 1.165) is 6.26 Å². The number of nitrogens with one attached hydrogen (secondary N) is 1. The van der Waals surface area contributed by atoms with E-state index in [9.17, 15) is 18.0 Å². The van der Waals surface area contributed by atoms with E-state index in [1.54, 1.807) is 13.0 Å². The summed E-state index contributed by atoms with van der Waals surface area (Å²) in [4.78, 5) is 22.5. The molecule has 0 saturated carbocycles. The second-order valence-corrected chi connectivity index (χ2v) is 6.34. The SMILES string of the molecule is CC/C=C(\C)C(=O)NC(CCS(C)(=O)=O)C(=O)O. The zero-order valence-corrected chi connectivity index (χ0v) is 11.6. The summed E-state index contributed by atoms with van der Waals surface area (Å²) < 4.78 is 21.9. The van der Waals surface area contributed by atoms with E-state index in [0.29, 0.717) is 12.0 Å². The quantitative estimate of drug-likeness (QED) is 0.654. The molecule has 0 radical (unpaired) electrons. The molecule has 104 valence electrons. The highest BCUT2D eigenvalue weighted by atomic mass is 32.2. The van der Waals surface area contributed by atoms with Crippen molar-refractivity contribution in [3.05, 3.63) is 11.6 Å². The number of hydrogen-bond acceptors (Lipinski definition) is 4. The van der Waals surface area contributed by atoms with Gasteiger partial charge in [0.15, 0.2) is 0 Å². The molecule has 0 saturated heterocycles. The Balaban J connectivity index is 4.60. The minimum Gasteiger partial charge on any atom is -0.480 e. The van der Waals surface area contributed by atoms with Gasteiger partial charge in [0.1, 0.15) is 15.9 Å². The highest BCUT2D eigenvalue weighted by molar-refractivity contribution is 7.90. The largest absolute Gasteiger partial charge is 0.480 e. The number of carbonyl (C=O) groups is 2. The number of amides is 1. The standard InChI is InChI=1S/C11H19NO5S/c1-4-5-8(2)10(13)12-9(11(14)15)6-7-18(3,16)17/h5,9H,4,6-7H2,1-3H3,(H,12,13)(H,14,15)/b8-5+. The molecule has 6 nitrogen and oxygen atoms in total. The number of hydrogen-bond donors (Lipinski definition) is 2. The monoisotopic (exact) mass is 277 g/mol. The maximum atomic E-state index is 11.6. The van der Waals surface area contributed by atoms with Crippen LogP contribution >= 0.6 is 0 Å². The van der Waals surface area contributed by atoms with Crippen molar-refractivity contribution < 1.29 is 23.1 Å². The van der Waals surface area contributed by atoms with Crippen LogP contribution in [0, 0.1) is 0 Å². The Labute approximate surface area is 107 Å². The van der Waals surface area contributed by atoms with Crippen molar-refractivity contribution in [2.75, 3.05) is 12.0 Å². The topological polar surface area (TPSA) is 101 Å². The fraction of sp³-hybridized carbons (Fsp3) is 0.636. The van der Waals surface area contributed by atoms with Crippen molar-refractivity contribution in [1.29, 1.82) is 0 Å². The van der Waals surface area contributed by atoms with Crippen LogP contribution in [-0.2, 0) is 19.4 Å². The normalized spacial score (nSPS) is 14.1. The fourth-order valence-electron chi connectivity index (χ4n) is 1.26. The first kappa shape index (κ1) is 16.6. The van der Waals surface area contributed by atoms with Gasteiger partial charge >= 0.3 is 5.97 Å². The molecule has 0 aromatic rings. The van der Waals surface area contributed by atoms with Gasteiger partial charge in [0, 0.05) is 11.8 Å². The summed E-state index contributed by atoms with van der Waals surface area (Å²) in [5.74, 6) is -2.00. The molecule has 0 aliphatic carbocycles. The summed E-state index contributed by atoms with van der Waals surface area (Å²) in [6.07, 6.45) is 3.22. The molecule has 0 rings (SSSR count). The summed E-state index contributed by atoms with van der Waals surface area (Å²) in [5, 5.41) is 11.2. The predicted octanol–water partition coefficient (Wildman–Crippen LogP) is 0.347.